The van der Waals surface area contributed by atoms with Gasteiger partial charge in [-0.15, -0.1) is 0 Å². The Kier molecular flexibility index (Phi) is 5.25. The molecule has 0 aromatic carbocycles. The van der Waals surface area contributed by atoms with E-state index in [-0.39, 0.29) is 5.91 Å². The molecule has 0 spiro atoms. The molecule has 1 amide bonds. The summed E-state index contributed by atoms with van der Waals surface area (Å²) in [6.07, 6.45) is 5.25. The van der Waals surface area contributed by atoms with Crippen molar-refractivity contribution in [3.8, 4) is 0 Å². The van der Waals surface area contributed by atoms with Crippen LogP contribution >= 0.6 is 0 Å². The minimum Gasteiger partial charge on any atom is -0.481 e. The Hall–Kier alpha value is -1.10. The maximum absolute atomic E-state index is 12.3. The second-order valence-corrected chi connectivity index (χ2v) is 6.52. The maximum Gasteiger partial charge on any atom is 0.309 e. The maximum atomic E-state index is 12.3. The second kappa shape index (κ2) is 6.77. The van der Waals surface area contributed by atoms with Gasteiger partial charge in [-0.2, -0.15) is 0 Å². The highest BCUT2D eigenvalue weighted by atomic mass is 16.4. The molecule has 120 valence electrons. The first-order valence-electron chi connectivity index (χ1n) is 8.27. The van der Waals surface area contributed by atoms with E-state index in [1.165, 1.54) is 0 Å². The van der Waals surface area contributed by atoms with Gasteiger partial charge in [-0.3, -0.25) is 14.5 Å². The minimum atomic E-state index is -0.663. The topological polar surface area (TPSA) is 60.9 Å². The third-order valence-electron chi connectivity index (χ3n) is 5.00. The van der Waals surface area contributed by atoms with Gasteiger partial charge >= 0.3 is 5.97 Å². The van der Waals surface area contributed by atoms with E-state index in [1.807, 2.05) is 18.7 Å². The average molecular weight is 296 g/mol. The lowest BCUT2D eigenvalue weighted by atomic mass is 9.75. The number of rotatable bonds is 7. The monoisotopic (exact) mass is 296 g/mol. The number of aliphatic carboxylic acids is 1. The van der Waals surface area contributed by atoms with E-state index in [0.29, 0.717) is 25.4 Å². The number of amides is 1. The summed E-state index contributed by atoms with van der Waals surface area (Å²) in [5, 5.41) is 9.50. The molecule has 21 heavy (non-hydrogen) atoms. The molecule has 2 aliphatic rings. The average Bonchev–Trinajstić information content (AvgIpc) is 3.26. The number of likely N-dealkylation sites (N-methyl/N-ethyl adjacent to an activating group) is 1. The number of carbonyl (C=O) groups excluding carboxylic acids is 1. The molecule has 5 nitrogen and oxygen atoms in total. The van der Waals surface area contributed by atoms with Gasteiger partial charge in [-0.25, -0.2) is 0 Å². The largest absolute Gasteiger partial charge is 0.481 e. The van der Waals surface area contributed by atoms with Crippen molar-refractivity contribution in [1.82, 2.24) is 9.80 Å². The van der Waals surface area contributed by atoms with Crippen molar-refractivity contribution in [2.75, 3.05) is 26.2 Å². The molecule has 2 fully saturated rings. The van der Waals surface area contributed by atoms with Gasteiger partial charge in [-0.05, 0) is 52.1 Å². The molecule has 0 radical (unpaired) electrons. The molecule has 1 saturated heterocycles. The summed E-state index contributed by atoms with van der Waals surface area (Å²) in [7, 11) is 0. The standard InChI is InChI=1S/C16H28N2O3/c1-3-7-16(15(20)21)8-10-17(11-9-16)12-14(19)18(4-2)13-5-6-13/h13H,3-12H2,1-2H3,(H,20,21). The zero-order valence-electron chi connectivity index (χ0n) is 13.3. The molecule has 0 unspecified atom stereocenters. The summed E-state index contributed by atoms with van der Waals surface area (Å²) in [6, 6.07) is 0.463. The summed E-state index contributed by atoms with van der Waals surface area (Å²) in [5.41, 5.74) is -0.560. The van der Waals surface area contributed by atoms with E-state index in [9.17, 15) is 14.7 Å². The van der Waals surface area contributed by atoms with Crippen molar-refractivity contribution in [2.45, 2.75) is 58.4 Å². The van der Waals surface area contributed by atoms with Gasteiger partial charge < -0.3 is 10.0 Å². The van der Waals surface area contributed by atoms with Crippen LogP contribution in [0.15, 0.2) is 0 Å². The summed E-state index contributed by atoms with van der Waals surface area (Å²) >= 11 is 0. The predicted octanol–water partition coefficient (Wildman–Crippen LogP) is 1.96. The first kappa shape index (κ1) is 16.3. The second-order valence-electron chi connectivity index (χ2n) is 6.52. The molecule has 0 atom stereocenters. The predicted molar refractivity (Wildman–Crippen MR) is 81.1 cm³/mol. The zero-order chi connectivity index (χ0) is 15.5. The molecule has 5 heteroatoms. The lowest BCUT2D eigenvalue weighted by Crippen LogP contribution is -2.48. The van der Waals surface area contributed by atoms with Crippen LogP contribution in [-0.2, 0) is 9.59 Å². The Balaban J connectivity index is 1.85. The van der Waals surface area contributed by atoms with Crippen LogP contribution < -0.4 is 0 Å². The lowest BCUT2D eigenvalue weighted by molar-refractivity contribution is -0.153. The van der Waals surface area contributed by atoms with E-state index in [0.717, 1.165) is 45.3 Å². The molecule has 1 saturated carbocycles. The number of likely N-dealkylation sites (tertiary alicyclic amines) is 1. The van der Waals surface area contributed by atoms with Gasteiger partial charge in [0.05, 0.1) is 12.0 Å². The van der Waals surface area contributed by atoms with Gasteiger partial charge in [0.1, 0.15) is 0 Å². The highest BCUT2D eigenvalue weighted by Crippen LogP contribution is 2.36. The van der Waals surface area contributed by atoms with Crippen LogP contribution in [0.1, 0.15) is 52.4 Å². The number of carboxylic acid groups (broad SMARTS) is 1. The molecule has 1 aliphatic heterocycles. The van der Waals surface area contributed by atoms with Crippen LogP contribution in [0.3, 0.4) is 0 Å². The fourth-order valence-electron chi connectivity index (χ4n) is 3.50. The van der Waals surface area contributed by atoms with Gasteiger partial charge in [-0.1, -0.05) is 13.3 Å². The number of hydrogen-bond acceptors (Lipinski definition) is 3. The highest BCUT2D eigenvalue weighted by molar-refractivity contribution is 5.79. The molecule has 1 aliphatic carbocycles. The number of nitrogens with zero attached hydrogens (tertiary/aromatic N) is 2. The first-order valence-corrected chi connectivity index (χ1v) is 8.27. The van der Waals surface area contributed by atoms with Crippen LogP contribution in [-0.4, -0.2) is 59.0 Å². The first-order chi connectivity index (χ1) is 10.0. The molecular formula is C16H28N2O3. The third-order valence-corrected chi connectivity index (χ3v) is 5.00. The summed E-state index contributed by atoms with van der Waals surface area (Å²) < 4.78 is 0. The number of carbonyl (C=O) groups is 2. The zero-order valence-corrected chi connectivity index (χ0v) is 13.3. The van der Waals surface area contributed by atoms with Gasteiger partial charge in [0, 0.05) is 12.6 Å². The van der Waals surface area contributed by atoms with Crippen LogP contribution in [0.25, 0.3) is 0 Å². The van der Waals surface area contributed by atoms with E-state index in [1.54, 1.807) is 0 Å². The van der Waals surface area contributed by atoms with Crippen molar-refractivity contribution in [2.24, 2.45) is 5.41 Å². The van der Waals surface area contributed by atoms with E-state index >= 15 is 0 Å². The van der Waals surface area contributed by atoms with Crippen molar-refractivity contribution in [3.63, 3.8) is 0 Å². The Labute approximate surface area is 127 Å². The van der Waals surface area contributed by atoms with Crippen LogP contribution in [0.5, 0.6) is 0 Å². The van der Waals surface area contributed by atoms with Crippen molar-refractivity contribution < 1.29 is 14.7 Å². The van der Waals surface area contributed by atoms with Gasteiger partial charge in [0.15, 0.2) is 0 Å². The Morgan fingerprint density at radius 3 is 2.29 bits per heavy atom. The normalized spacial score (nSPS) is 22.0. The van der Waals surface area contributed by atoms with Gasteiger partial charge in [0.25, 0.3) is 0 Å². The smallest absolute Gasteiger partial charge is 0.309 e. The van der Waals surface area contributed by atoms with E-state index in [4.69, 9.17) is 0 Å². The molecule has 0 aromatic heterocycles. The Bertz CT molecular complexity index is 385. The summed E-state index contributed by atoms with van der Waals surface area (Å²) in [5.74, 6) is -0.457. The summed E-state index contributed by atoms with van der Waals surface area (Å²) in [6.45, 7) is 6.75. The van der Waals surface area contributed by atoms with Crippen molar-refractivity contribution in [3.05, 3.63) is 0 Å². The summed E-state index contributed by atoms with van der Waals surface area (Å²) in [4.78, 5) is 28.0. The van der Waals surface area contributed by atoms with E-state index in [2.05, 4.69) is 4.90 Å². The van der Waals surface area contributed by atoms with Gasteiger partial charge in [0.2, 0.25) is 5.91 Å². The quantitative estimate of drug-likeness (QED) is 0.780. The Morgan fingerprint density at radius 1 is 1.24 bits per heavy atom. The molecule has 1 N–H and O–H groups in total. The van der Waals surface area contributed by atoms with Crippen molar-refractivity contribution >= 4 is 11.9 Å². The van der Waals surface area contributed by atoms with Crippen LogP contribution in [0.2, 0.25) is 0 Å². The Morgan fingerprint density at radius 2 is 1.86 bits per heavy atom. The SMILES string of the molecule is CCCC1(C(=O)O)CCN(CC(=O)N(CC)C2CC2)CC1. The molecule has 0 bridgehead atoms. The third kappa shape index (κ3) is 3.76. The van der Waals surface area contributed by atoms with Crippen molar-refractivity contribution in [1.29, 1.82) is 0 Å². The number of hydrogen-bond donors (Lipinski definition) is 1. The number of piperidine rings is 1. The minimum absolute atomic E-state index is 0.207. The fourth-order valence-corrected chi connectivity index (χ4v) is 3.50. The molecule has 2 rings (SSSR count). The van der Waals surface area contributed by atoms with Crippen LogP contribution in [0.4, 0.5) is 0 Å². The molecule has 1 heterocycles. The molecule has 0 aromatic rings. The fraction of sp³-hybridized carbons (Fsp3) is 0.875. The van der Waals surface area contributed by atoms with E-state index < -0.39 is 11.4 Å². The molecular weight excluding hydrogens is 268 g/mol. The van der Waals surface area contributed by atoms with Crippen LogP contribution in [0, 0.1) is 5.41 Å². The number of carboxylic acids is 1. The highest BCUT2D eigenvalue weighted by Gasteiger charge is 2.41. The lowest BCUT2D eigenvalue weighted by Gasteiger charge is -2.39.